The normalized spacial score (nSPS) is 20.2. The molecule has 3 N–H and O–H groups in total. The van der Waals surface area contributed by atoms with E-state index in [1.165, 1.54) is 11.1 Å². The molecule has 0 heterocycles. The number of nitrogens with one attached hydrogen (secondary N) is 2. The topological polar surface area (TPSA) is 105 Å². The summed E-state index contributed by atoms with van der Waals surface area (Å²) in [5.74, 6) is -1.59. The van der Waals surface area contributed by atoms with Gasteiger partial charge in [-0.15, -0.1) is 0 Å². The summed E-state index contributed by atoms with van der Waals surface area (Å²) in [5.41, 5.74) is 4.62. The number of fused-ring (bicyclic) bond motifs is 3. The van der Waals surface area contributed by atoms with Crippen LogP contribution in [0.2, 0.25) is 0 Å². The van der Waals surface area contributed by atoms with E-state index >= 15 is 0 Å². The van der Waals surface area contributed by atoms with Gasteiger partial charge in [-0.05, 0) is 42.0 Å². The van der Waals surface area contributed by atoms with Gasteiger partial charge >= 0.3 is 12.1 Å². The summed E-state index contributed by atoms with van der Waals surface area (Å²) in [6, 6.07) is 15.5. The fourth-order valence-electron chi connectivity index (χ4n) is 4.90. The lowest BCUT2D eigenvalue weighted by atomic mass is 9.98. The molecule has 7 nitrogen and oxygen atoms in total. The molecule has 2 aliphatic rings. The molecule has 2 aromatic rings. The second-order valence-electron chi connectivity index (χ2n) is 8.62. The SMILES string of the molecule is C[C@H](CC(=O)O)NC(=O)C1CCCC1NC(=O)OCC1c2ccccc2-c2ccccc21. The molecule has 2 unspecified atom stereocenters. The minimum atomic E-state index is -0.961. The summed E-state index contributed by atoms with van der Waals surface area (Å²) in [6.45, 7) is 1.88. The Morgan fingerprint density at radius 3 is 2.28 bits per heavy atom. The predicted molar refractivity (Wildman–Crippen MR) is 119 cm³/mol. The van der Waals surface area contributed by atoms with E-state index in [9.17, 15) is 14.4 Å². The van der Waals surface area contributed by atoms with Crippen LogP contribution in [0.25, 0.3) is 11.1 Å². The van der Waals surface area contributed by atoms with Gasteiger partial charge in [0, 0.05) is 18.0 Å². The van der Waals surface area contributed by atoms with E-state index in [1.54, 1.807) is 6.92 Å². The van der Waals surface area contributed by atoms with Crippen molar-refractivity contribution in [2.24, 2.45) is 5.92 Å². The first-order chi connectivity index (χ1) is 15.4. The van der Waals surface area contributed by atoms with E-state index in [2.05, 4.69) is 34.9 Å². The average molecular weight is 437 g/mol. The van der Waals surface area contributed by atoms with Crippen molar-refractivity contribution in [3.8, 4) is 11.1 Å². The summed E-state index contributed by atoms with van der Waals surface area (Å²) >= 11 is 0. The van der Waals surface area contributed by atoms with Crippen LogP contribution in [0, 0.1) is 5.92 Å². The molecule has 4 rings (SSSR count). The number of hydrogen-bond donors (Lipinski definition) is 3. The third kappa shape index (κ3) is 4.61. The molecule has 0 radical (unpaired) electrons. The highest BCUT2D eigenvalue weighted by Crippen LogP contribution is 2.44. The summed E-state index contributed by atoms with van der Waals surface area (Å²) in [7, 11) is 0. The molecule has 1 saturated carbocycles. The lowest BCUT2D eigenvalue weighted by molar-refractivity contribution is -0.137. The molecule has 0 saturated heterocycles. The molecule has 32 heavy (non-hydrogen) atoms. The molecule has 1 fully saturated rings. The van der Waals surface area contributed by atoms with Crippen molar-refractivity contribution in [1.29, 1.82) is 0 Å². The Balaban J connectivity index is 1.35. The zero-order chi connectivity index (χ0) is 22.7. The Hall–Kier alpha value is -3.35. The maximum absolute atomic E-state index is 12.6. The molecule has 7 heteroatoms. The molecule has 2 aromatic carbocycles. The number of rotatable bonds is 7. The highest BCUT2D eigenvalue weighted by atomic mass is 16.5. The second kappa shape index (κ2) is 9.42. The molecule has 0 spiro atoms. The molecule has 2 amide bonds. The molecular formula is C25H28N2O5. The Labute approximate surface area is 187 Å². The van der Waals surface area contributed by atoms with Crippen LogP contribution in [0.1, 0.15) is 49.7 Å². The molecule has 0 aromatic heterocycles. The van der Waals surface area contributed by atoms with Crippen molar-refractivity contribution in [3.05, 3.63) is 59.7 Å². The molecule has 0 aliphatic heterocycles. The van der Waals surface area contributed by atoms with E-state index in [1.807, 2.05) is 24.3 Å². The van der Waals surface area contributed by atoms with E-state index < -0.39 is 18.1 Å². The highest BCUT2D eigenvalue weighted by molar-refractivity contribution is 5.82. The summed E-state index contributed by atoms with van der Waals surface area (Å²) in [5, 5.41) is 14.5. The quantitative estimate of drug-likeness (QED) is 0.614. The van der Waals surface area contributed by atoms with Gasteiger partial charge in [0.15, 0.2) is 0 Å². The third-order valence-corrected chi connectivity index (χ3v) is 6.37. The van der Waals surface area contributed by atoms with E-state index in [0.29, 0.717) is 12.8 Å². The van der Waals surface area contributed by atoms with Crippen LogP contribution in [0.3, 0.4) is 0 Å². The fourth-order valence-corrected chi connectivity index (χ4v) is 4.90. The molecular weight excluding hydrogens is 408 g/mol. The monoisotopic (exact) mass is 436 g/mol. The second-order valence-corrected chi connectivity index (χ2v) is 8.62. The number of alkyl carbamates (subject to hydrolysis) is 1. The van der Waals surface area contributed by atoms with Crippen LogP contribution in [0.15, 0.2) is 48.5 Å². The smallest absolute Gasteiger partial charge is 0.407 e. The minimum Gasteiger partial charge on any atom is -0.481 e. The number of carboxylic acids is 1. The number of carboxylic acid groups (broad SMARTS) is 1. The molecule has 0 bridgehead atoms. The maximum atomic E-state index is 12.6. The number of hydrogen-bond acceptors (Lipinski definition) is 4. The lowest BCUT2D eigenvalue weighted by Gasteiger charge is -2.22. The summed E-state index contributed by atoms with van der Waals surface area (Å²) in [6.07, 6.45) is 1.49. The van der Waals surface area contributed by atoms with Gasteiger partial charge in [0.2, 0.25) is 5.91 Å². The Morgan fingerprint density at radius 2 is 1.66 bits per heavy atom. The molecule has 2 aliphatic carbocycles. The van der Waals surface area contributed by atoms with Gasteiger partial charge < -0.3 is 20.5 Å². The number of amides is 2. The van der Waals surface area contributed by atoms with E-state index in [4.69, 9.17) is 9.84 Å². The van der Waals surface area contributed by atoms with Crippen molar-refractivity contribution >= 4 is 18.0 Å². The first-order valence-electron chi connectivity index (χ1n) is 11.1. The highest BCUT2D eigenvalue weighted by Gasteiger charge is 2.35. The van der Waals surface area contributed by atoms with Crippen molar-refractivity contribution in [3.63, 3.8) is 0 Å². The largest absolute Gasteiger partial charge is 0.481 e. The van der Waals surface area contributed by atoms with Gasteiger partial charge in [-0.25, -0.2) is 4.79 Å². The van der Waals surface area contributed by atoms with Crippen LogP contribution in [0.4, 0.5) is 4.79 Å². The number of carbonyl (C=O) groups is 3. The minimum absolute atomic E-state index is 0.0207. The Kier molecular flexibility index (Phi) is 6.44. The molecule has 3 atom stereocenters. The predicted octanol–water partition coefficient (Wildman–Crippen LogP) is 3.67. The summed E-state index contributed by atoms with van der Waals surface area (Å²) < 4.78 is 5.60. The number of benzene rings is 2. The number of carbonyl (C=O) groups excluding carboxylic acids is 2. The third-order valence-electron chi connectivity index (χ3n) is 6.37. The van der Waals surface area contributed by atoms with Gasteiger partial charge in [-0.1, -0.05) is 55.0 Å². The standard InChI is InChI=1S/C25H28N2O5/c1-15(13-23(28)29)26-24(30)20-11-6-12-22(20)27-25(31)32-14-21-18-9-4-2-7-16(18)17-8-3-5-10-19(17)21/h2-5,7-10,15,20-22H,6,11-14H2,1H3,(H,26,30)(H,27,31)(H,28,29)/t15-,20?,22?/m1/s1. The van der Waals surface area contributed by atoms with Crippen LogP contribution in [-0.4, -0.2) is 41.8 Å². The van der Waals surface area contributed by atoms with Gasteiger partial charge in [0.05, 0.1) is 12.3 Å². The van der Waals surface area contributed by atoms with Crippen molar-refractivity contribution in [2.45, 2.75) is 50.6 Å². The van der Waals surface area contributed by atoms with Crippen LogP contribution >= 0.6 is 0 Å². The van der Waals surface area contributed by atoms with Crippen molar-refractivity contribution < 1.29 is 24.2 Å². The first kappa shape index (κ1) is 21.9. The summed E-state index contributed by atoms with van der Waals surface area (Å²) in [4.78, 5) is 36.0. The van der Waals surface area contributed by atoms with Crippen molar-refractivity contribution in [1.82, 2.24) is 10.6 Å². The lowest BCUT2D eigenvalue weighted by Crippen LogP contribution is -2.46. The number of ether oxygens (including phenoxy) is 1. The zero-order valence-electron chi connectivity index (χ0n) is 18.0. The zero-order valence-corrected chi connectivity index (χ0v) is 18.0. The van der Waals surface area contributed by atoms with E-state index in [0.717, 1.165) is 17.5 Å². The maximum Gasteiger partial charge on any atom is 0.407 e. The average Bonchev–Trinajstić information content (AvgIpc) is 3.34. The van der Waals surface area contributed by atoms with Gasteiger partial charge in [0.25, 0.3) is 0 Å². The van der Waals surface area contributed by atoms with Gasteiger partial charge in [-0.2, -0.15) is 0 Å². The van der Waals surface area contributed by atoms with Crippen LogP contribution < -0.4 is 10.6 Å². The van der Waals surface area contributed by atoms with Crippen LogP contribution in [-0.2, 0) is 14.3 Å². The first-order valence-corrected chi connectivity index (χ1v) is 11.1. The Bertz CT molecular complexity index is 975. The fraction of sp³-hybridized carbons (Fsp3) is 0.400. The van der Waals surface area contributed by atoms with E-state index in [-0.39, 0.29) is 36.8 Å². The van der Waals surface area contributed by atoms with Crippen LogP contribution in [0.5, 0.6) is 0 Å². The molecule has 168 valence electrons. The van der Waals surface area contributed by atoms with Gasteiger partial charge in [-0.3, -0.25) is 9.59 Å². The van der Waals surface area contributed by atoms with Gasteiger partial charge in [0.1, 0.15) is 6.61 Å². The van der Waals surface area contributed by atoms with Crippen molar-refractivity contribution in [2.75, 3.05) is 6.61 Å². The Morgan fingerprint density at radius 1 is 1.03 bits per heavy atom. The number of aliphatic carboxylic acids is 1.